The molecule has 1 amide bonds. The van der Waals surface area contributed by atoms with Crippen molar-refractivity contribution >= 4 is 21.6 Å². The number of para-hydroxylation sites is 2. The number of hydrogen-bond acceptors (Lipinski definition) is 5. The van der Waals surface area contributed by atoms with Crippen LogP contribution in [0.3, 0.4) is 0 Å². The third-order valence-electron chi connectivity index (χ3n) is 5.63. The zero-order valence-corrected chi connectivity index (χ0v) is 17.7. The minimum absolute atomic E-state index is 0.0794. The van der Waals surface area contributed by atoms with Crippen LogP contribution in [0.5, 0.6) is 11.5 Å². The molecule has 30 heavy (non-hydrogen) atoms. The summed E-state index contributed by atoms with van der Waals surface area (Å²) < 4.78 is 39.1. The summed E-state index contributed by atoms with van der Waals surface area (Å²) in [6.07, 6.45) is 4.36. The fourth-order valence-corrected chi connectivity index (χ4v) is 5.46. The molecule has 0 aromatic heterocycles. The molecule has 2 aliphatic rings. The zero-order chi connectivity index (χ0) is 21.1. The average Bonchev–Trinajstić information content (AvgIpc) is 2.79. The van der Waals surface area contributed by atoms with Gasteiger partial charge in [-0.2, -0.15) is 0 Å². The maximum atomic E-state index is 13.4. The Morgan fingerprint density at radius 2 is 1.77 bits per heavy atom. The summed E-state index contributed by atoms with van der Waals surface area (Å²) >= 11 is 0. The number of fused-ring (bicyclic) bond motifs is 1. The molecule has 0 bridgehead atoms. The van der Waals surface area contributed by atoms with Gasteiger partial charge in [0.2, 0.25) is 0 Å². The Morgan fingerprint density at radius 3 is 2.47 bits per heavy atom. The number of sulfonamides is 1. The molecular weight excluding hydrogens is 404 g/mol. The molecule has 1 aliphatic carbocycles. The Morgan fingerprint density at radius 1 is 1.07 bits per heavy atom. The second-order valence-electron chi connectivity index (χ2n) is 7.63. The van der Waals surface area contributed by atoms with Gasteiger partial charge in [-0.05, 0) is 49.2 Å². The van der Waals surface area contributed by atoms with Crippen LogP contribution in [0.15, 0.2) is 53.4 Å². The lowest BCUT2D eigenvalue weighted by Gasteiger charge is -2.35. The maximum absolute atomic E-state index is 13.4. The highest BCUT2D eigenvalue weighted by molar-refractivity contribution is 7.92. The molecule has 0 radical (unpaired) electrons. The average molecular weight is 431 g/mol. The minimum Gasteiger partial charge on any atom is -0.497 e. The van der Waals surface area contributed by atoms with Crippen molar-refractivity contribution in [3.63, 3.8) is 0 Å². The van der Waals surface area contributed by atoms with E-state index in [-0.39, 0.29) is 23.4 Å². The Balaban J connectivity index is 1.61. The van der Waals surface area contributed by atoms with E-state index in [1.807, 2.05) is 0 Å². The summed E-state index contributed by atoms with van der Waals surface area (Å²) in [6.45, 7) is -0.0794. The lowest BCUT2D eigenvalue weighted by atomic mass is 9.95. The standard InChI is InChI=1S/C22H26N2O5S/c1-28-17-11-13-18(14-12-17)30(26,27)24-15-21(29-20-10-6-5-9-19(20)24)22(25)23-16-7-3-2-4-8-16/h5-6,9-14,16,21H,2-4,7-8,15H2,1H3,(H,23,25)/t21-/m1/s1. The largest absolute Gasteiger partial charge is 0.497 e. The number of benzene rings is 2. The highest BCUT2D eigenvalue weighted by Crippen LogP contribution is 2.37. The topological polar surface area (TPSA) is 84.9 Å². The predicted octanol–water partition coefficient (Wildman–Crippen LogP) is 3.10. The van der Waals surface area contributed by atoms with Gasteiger partial charge in [0.05, 0.1) is 24.2 Å². The number of rotatable bonds is 5. The molecule has 0 spiro atoms. The Bertz CT molecular complexity index is 1000. The smallest absolute Gasteiger partial charge is 0.264 e. The highest BCUT2D eigenvalue weighted by atomic mass is 32.2. The van der Waals surface area contributed by atoms with Crippen LogP contribution in [0, 0.1) is 0 Å². The van der Waals surface area contributed by atoms with Crippen molar-refractivity contribution in [2.45, 2.75) is 49.1 Å². The molecule has 1 atom stereocenters. The van der Waals surface area contributed by atoms with Crippen LogP contribution in [0.2, 0.25) is 0 Å². The molecule has 1 fully saturated rings. The van der Waals surface area contributed by atoms with Gasteiger partial charge in [-0.25, -0.2) is 8.42 Å². The van der Waals surface area contributed by atoms with Crippen molar-refractivity contribution < 1.29 is 22.7 Å². The Hall–Kier alpha value is -2.74. The minimum atomic E-state index is -3.88. The molecule has 160 valence electrons. The molecule has 2 aromatic rings. The van der Waals surface area contributed by atoms with Crippen LogP contribution in [0.1, 0.15) is 32.1 Å². The maximum Gasteiger partial charge on any atom is 0.264 e. The van der Waals surface area contributed by atoms with Crippen LogP contribution >= 0.6 is 0 Å². The van der Waals surface area contributed by atoms with Gasteiger partial charge in [0.25, 0.3) is 15.9 Å². The van der Waals surface area contributed by atoms with Crippen molar-refractivity contribution in [1.29, 1.82) is 0 Å². The predicted molar refractivity (Wildman–Crippen MR) is 113 cm³/mol. The van der Waals surface area contributed by atoms with E-state index in [9.17, 15) is 13.2 Å². The van der Waals surface area contributed by atoms with Crippen LogP contribution in [0.4, 0.5) is 5.69 Å². The van der Waals surface area contributed by atoms with Crippen molar-refractivity contribution in [2.75, 3.05) is 18.0 Å². The molecule has 4 rings (SSSR count). The first kappa shape index (κ1) is 20.5. The van der Waals surface area contributed by atoms with E-state index in [1.165, 1.54) is 30.0 Å². The summed E-state index contributed by atoms with van der Waals surface area (Å²) in [7, 11) is -2.36. The number of carbonyl (C=O) groups excluding carboxylic acids is 1. The van der Waals surface area contributed by atoms with Gasteiger partial charge in [0, 0.05) is 6.04 Å². The van der Waals surface area contributed by atoms with Gasteiger partial charge in [-0.15, -0.1) is 0 Å². The molecule has 1 saturated carbocycles. The van der Waals surface area contributed by atoms with E-state index in [0.717, 1.165) is 25.7 Å². The normalized spacial score (nSPS) is 19.5. The SMILES string of the molecule is COc1ccc(S(=O)(=O)N2C[C@H](C(=O)NC3CCCCC3)Oc3ccccc32)cc1. The molecule has 1 aliphatic heterocycles. The first-order valence-corrected chi connectivity index (χ1v) is 11.7. The van der Waals surface area contributed by atoms with Crippen molar-refractivity contribution in [1.82, 2.24) is 5.32 Å². The third-order valence-corrected chi connectivity index (χ3v) is 7.42. The molecule has 7 nitrogen and oxygen atoms in total. The van der Waals surface area contributed by atoms with Crippen LogP contribution in [-0.2, 0) is 14.8 Å². The van der Waals surface area contributed by atoms with Gasteiger partial charge in [-0.1, -0.05) is 31.4 Å². The van der Waals surface area contributed by atoms with Crippen LogP contribution < -0.4 is 19.1 Å². The Labute approximate surface area is 177 Å². The fraction of sp³-hybridized carbons (Fsp3) is 0.409. The van der Waals surface area contributed by atoms with E-state index >= 15 is 0 Å². The highest BCUT2D eigenvalue weighted by Gasteiger charge is 2.38. The summed E-state index contributed by atoms with van der Waals surface area (Å²) in [5.74, 6) is 0.678. The fourth-order valence-electron chi connectivity index (χ4n) is 3.98. The molecule has 2 aromatic carbocycles. The van der Waals surface area contributed by atoms with Gasteiger partial charge in [-0.3, -0.25) is 9.10 Å². The molecule has 1 N–H and O–H groups in total. The number of nitrogens with one attached hydrogen (secondary N) is 1. The van der Waals surface area contributed by atoms with Gasteiger partial charge >= 0.3 is 0 Å². The lowest BCUT2D eigenvalue weighted by Crippen LogP contribution is -2.52. The van der Waals surface area contributed by atoms with E-state index in [0.29, 0.717) is 17.2 Å². The Kier molecular flexibility index (Phi) is 5.85. The molecule has 0 unspecified atom stereocenters. The van der Waals surface area contributed by atoms with E-state index in [4.69, 9.17) is 9.47 Å². The summed E-state index contributed by atoms with van der Waals surface area (Å²) in [6, 6.07) is 13.2. The number of nitrogens with zero attached hydrogens (tertiary/aromatic N) is 1. The third kappa shape index (κ3) is 4.09. The molecule has 0 saturated heterocycles. The molecular formula is C22H26N2O5S. The van der Waals surface area contributed by atoms with Crippen LogP contribution in [0.25, 0.3) is 0 Å². The van der Waals surface area contributed by atoms with E-state index in [1.54, 1.807) is 36.4 Å². The quantitative estimate of drug-likeness (QED) is 0.788. The number of methoxy groups -OCH3 is 1. The number of hydrogen-bond donors (Lipinski definition) is 1. The van der Waals surface area contributed by atoms with Crippen LogP contribution in [-0.4, -0.2) is 40.1 Å². The number of carbonyl (C=O) groups is 1. The summed E-state index contributed by atoms with van der Waals surface area (Å²) in [5, 5.41) is 3.04. The summed E-state index contributed by atoms with van der Waals surface area (Å²) in [4.78, 5) is 13.0. The van der Waals surface area contributed by atoms with E-state index in [2.05, 4.69) is 5.32 Å². The first-order chi connectivity index (χ1) is 14.5. The van der Waals surface area contributed by atoms with Crippen molar-refractivity contribution in [3.8, 4) is 11.5 Å². The number of anilines is 1. The van der Waals surface area contributed by atoms with Gasteiger partial charge < -0.3 is 14.8 Å². The monoisotopic (exact) mass is 430 g/mol. The van der Waals surface area contributed by atoms with Crippen molar-refractivity contribution in [3.05, 3.63) is 48.5 Å². The van der Waals surface area contributed by atoms with Crippen molar-refractivity contribution in [2.24, 2.45) is 0 Å². The second-order valence-corrected chi connectivity index (χ2v) is 9.49. The molecule has 1 heterocycles. The second kappa shape index (κ2) is 8.55. The zero-order valence-electron chi connectivity index (χ0n) is 16.9. The summed E-state index contributed by atoms with van der Waals surface area (Å²) in [5.41, 5.74) is 0.426. The van der Waals surface area contributed by atoms with Gasteiger partial charge in [0.1, 0.15) is 11.5 Å². The van der Waals surface area contributed by atoms with Gasteiger partial charge in [0.15, 0.2) is 6.10 Å². The number of ether oxygens (including phenoxy) is 2. The number of amides is 1. The lowest BCUT2D eigenvalue weighted by molar-refractivity contribution is -0.128. The van der Waals surface area contributed by atoms with E-state index < -0.39 is 16.1 Å². The first-order valence-electron chi connectivity index (χ1n) is 10.2. The molecule has 8 heteroatoms.